The minimum Gasteiger partial charge on any atom is -0.338 e. The summed E-state index contributed by atoms with van der Waals surface area (Å²) in [5.74, 6) is 0.334. The van der Waals surface area contributed by atoms with Gasteiger partial charge in [-0.15, -0.1) is 0 Å². The smallest absolute Gasteiger partial charge is 0.222 e. The van der Waals surface area contributed by atoms with Crippen LogP contribution in [0, 0.1) is 0 Å². The molecule has 0 radical (unpaired) electrons. The Morgan fingerprint density at radius 3 is 2.25 bits per heavy atom. The Morgan fingerprint density at radius 2 is 1.65 bits per heavy atom. The molecule has 1 rings (SSSR count). The highest BCUT2D eigenvalue weighted by Crippen LogP contribution is 2.18. The summed E-state index contributed by atoms with van der Waals surface area (Å²) >= 11 is 0. The van der Waals surface area contributed by atoms with Crippen LogP contribution in [0.1, 0.15) is 84.0 Å². The summed E-state index contributed by atoms with van der Waals surface area (Å²) in [6.45, 7) is 3.81. The van der Waals surface area contributed by atoms with Gasteiger partial charge in [0.05, 0.1) is 0 Å². The Bertz CT molecular complexity index is 255. The lowest BCUT2D eigenvalue weighted by atomic mass is 10.1. The lowest BCUT2D eigenvalue weighted by Gasteiger charge is -2.23. The van der Waals surface area contributed by atoms with Crippen LogP contribution in [0.25, 0.3) is 0 Å². The Morgan fingerprint density at radius 1 is 1.05 bits per heavy atom. The largest absolute Gasteiger partial charge is 0.338 e. The molecule has 20 heavy (non-hydrogen) atoms. The lowest BCUT2D eigenvalue weighted by Crippen LogP contribution is -2.39. The Balaban J connectivity index is 1.94. The topological polar surface area (TPSA) is 46.3 Å². The number of carbonyl (C=O) groups excluding carboxylic acids is 1. The first-order valence-electron chi connectivity index (χ1n) is 8.79. The molecular weight excluding hydrogens is 248 g/mol. The highest BCUT2D eigenvalue weighted by Gasteiger charge is 2.26. The molecule has 1 unspecified atom stereocenters. The number of nitrogens with two attached hydrogens (primary N) is 1. The third-order valence-corrected chi connectivity index (χ3v) is 4.46. The van der Waals surface area contributed by atoms with Crippen molar-refractivity contribution in [1.82, 2.24) is 4.90 Å². The molecule has 3 heteroatoms. The first-order valence-corrected chi connectivity index (χ1v) is 8.79. The second-order valence-corrected chi connectivity index (χ2v) is 6.20. The van der Waals surface area contributed by atoms with Gasteiger partial charge in [-0.2, -0.15) is 0 Å². The van der Waals surface area contributed by atoms with Gasteiger partial charge in [0.25, 0.3) is 0 Å². The number of hydrogen-bond acceptors (Lipinski definition) is 2. The van der Waals surface area contributed by atoms with E-state index in [0.29, 0.717) is 18.5 Å². The second kappa shape index (κ2) is 11.1. The van der Waals surface area contributed by atoms with Gasteiger partial charge in [0.15, 0.2) is 0 Å². The van der Waals surface area contributed by atoms with Crippen LogP contribution >= 0.6 is 0 Å². The van der Waals surface area contributed by atoms with Gasteiger partial charge in [0, 0.05) is 25.6 Å². The third-order valence-electron chi connectivity index (χ3n) is 4.46. The summed E-state index contributed by atoms with van der Waals surface area (Å²) in [4.78, 5) is 14.1. The molecule has 0 aromatic rings. The van der Waals surface area contributed by atoms with Gasteiger partial charge < -0.3 is 10.6 Å². The molecule has 0 spiro atoms. The molecule has 0 aromatic carbocycles. The van der Waals surface area contributed by atoms with Crippen molar-refractivity contribution in [3.05, 3.63) is 0 Å². The highest BCUT2D eigenvalue weighted by atomic mass is 16.2. The predicted molar refractivity (Wildman–Crippen MR) is 85.6 cm³/mol. The second-order valence-electron chi connectivity index (χ2n) is 6.20. The van der Waals surface area contributed by atoms with E-state index < -0.39 is 0 Å². The zero-order chi connectivity index (χ0) is 14.6. The lowest BCUT2D eigenvalue weighted by molar-refractivity contribution is -0.132. The normalized spacial score (nSPS) is 18.7. The number of rotatable bonds is 11. The molecule has 2 N–H and O–H groups in total. The summed E-state index contributed by atoms with van der Waals surface area (Å²) in [7, 11) is 0. The van der Waals surface area contributed by atoms with Gasteiger partial charge in [-0.3, -0.25) is 4.79 Å². The van der Waals surface area contributed by atoms with Crippen molar-refractivity contribution in [1.29, 1.82) is 0 Å². The molecule has 1 atom stereocenters. The molecule has 1 aliphatic heterocycles. The van der Waals surface area contributed by atoms with Gasteiger partial charge in [-0.1, -0.05) is 58.3 Å². The van der Waals surface area contributed by atoms with Crippen molar-refractivity contribution in [3.8, 4) is 0 Å². The van der Waals surface area contributed by atoms with E-state index in [1.165, 1.54) is 51.4 Å². The Hall–Kier alpha value is -0.570. The Kier molecular flexibility index (Phi) is 9.73. The molecule has 1 heterocycles. The number of unbranched alkanes of at least 4 members (excludes halogenated alkanes) is 8. The average Bonchev–Trinajstić information content (AvgIpc) is 2.94. The van der Waals surface area contributed by atoms with E-state index in [2.05, 4.69) is 6.92 Å². The van der Waals surface area contributed by atoms with E-state index in [0.717, 1.165) is 32.2 Å². The molecule has 3 nitrogen and oxygen atoms in total. The molecule has 118 valence electrons. The highest BCUT2D eigenvalue weighted by molar-refractivity contribution is 5.76. The average molecular weight is 282 g/mol. The monoisotopic (exact) mass is 282 g/mol. The van der Waals surface area contributed by atoms with Crippen LogP contribution in [0.5, 0.6) is 0 Å². The standard InChI is InChI=1S/C17H34N2O/c1-2-3-4-5-6-7-8-9-10-13-17(20)19-14-11-12-16(19)15-18/h16H,2-15,18H2,1H3. The minimum atomic E-state index is 0.320. The van der Waals surface area contributed by atoms with E-state index >= 15 is 0 Å². The molecular formula is C17H34N2O. The van der Waals surface area contributed by atoms with Gasteiger partial charge in [0.2, 0.25) is 5.91 Å². The van der Waals surface area contributed by atoms with Crippen LogP contribution in [0.15, 0.2) is 0 Å². The molecule has 1 fully saturated rings. The molecule has 0 aliphatic carbocycles. The zero-order valence-corrected chi connectivity index (χ0v) is 13.4. The third kappa shape index (κ3) is 6.74. The van der Waals surface area contributed by atoms with Crippen molar-refractivity contribution in [3.63, 3.8) is 0 Å². The van der Waals surface area contributed by atoms with Crippen LogP contribution in [-0.2, 0) is 4.79 Å². The van der Waals surface area contributed by atoms with Gasteiger partial charge in [-0.25, -0.2) is 0 Å². The van der Waals surface area contributed by atoms with E-state index in [4.69, 9.17) is 5.73 Å². The predicted octanol–water partition coefficient (Wildman–Crippen LogP) is 3.86. The fourth-order valence-electron chi connectivity index (χ4n) is 3.14. The summed E-state index contributed by atoms with van der Waals surface area (Å²) in [6.07, 6.45) is 14.7. The quantitative estimate of drug-likeness (QED) is 0.585. The fraction of sp³-hybridized carbons (Fsp3) is 0.941. The first kappa shape index (κ1) is 17.5. The molecule has 1 aliphatic rings. The van der Waals surface area contributed by atoms with Crippen LogP contribution in [0.3, 0.4) is 0 Å². The van der Waals surface area contributed by atoms with Crippen LogP contribution in [0.2, 0.25) is 0 Å². The maximum Gasteiger partial charge on any atom is 0.222 e. The molecule has 1 saturated heterocycles. The van der Waals surface area contributed by atoms with E-state index in [1.54, 1.807) is 0 Å². The SMILES string of the molecule is CCCCCCCCCCCC(=O)N1CCCC1CN. The fourth-order valence-corrected chi connectivity index (χ4v) is 3.14. The van der Waals surface area contributed by atoms with E-state index in [9.17, 15) is 4.79 Å². The zero-order valence-electron chi connectivity index (χ0n) is 13.4. The van der Waals surface area contributed by atoms with Crippen LogP contribution < -0.4 is 5.73 Å². The van der Waals surface area contributed by atoms with Crippen molar-refractivity contribution in [2.45, 2.75) is 90.0 Å². The maximum absolute atomic E-state index is 12.1. The molecule has 0 saturated carbocycles. The summed E-state index contributed by atoms with van der Waals surface area (Å²) in [6, 6.07) is 0.320. The van der Waals surface area contributed by atoms with Crippen molar-refractivity contribution >= 4 is 5.91 Å². The van der Waals surface area contributed by atoms with E-state index in [1.807, 2.05) is 4.90 Å². The van der Waals surface area contributed by atoms with Crippen molar-refractivity contribution in [2.24, 2.45) is 5.73 Å². The summed E-state index contributed by atoms with van der Waals surface area (Å²) in [5, 5.41) is 0. The molecule has 0 aromatic heterocycles. The van der Waals surface area contributed by atoms with Crippen molar-refractivity contribution in [2.75, 3.05) is 13.1 Å². The van der Waals surface area contributed by atoms with Gasteiger partial charge in [0.1, 0.15) is 0 Å². The van der Waals surface area contributed by atoms with Crippen LogP contribution in [0.4, 0.5) is 0 Å². The number of amides is 1. The Labute approximate surface area is 125 Å². The maximum atomic E-state index is 12.1. The minimum absolute atomic E-state index is 0.320. The molecule has 1 amide bonds. The number of likely N-dealkylation sites (tertiary alicyclic amines) is 1. The van der Waals surface area contributed by atoms with Crippen molar-refractivity contribution < 1.29 is 4.79 Å². The first-order chi connectivity index (χ1) is 9.79. The summed E-state index contributed by atoms with van der Waals surface area (Å²) in [5.41, 5.74) is 5.71. The van der Waals surface area contributed by atoms with Gasteiger partial charge >= 0.3 is 0 Å². The van der Waals surface area contributed by atoms with Crippen LogP contribution in [-0.4, -0.2) is 29.9 Å². The van der Waals surface area contributed by atoms with E-state index in [-0.39, 0.29) is 0 Å². The number of carbonyl (C=O) groups is 1. The number of hydrogen-bond donors (Lipinski definition) is 1. The number of nitrogens with zero attached hydrogens (tertiary/aromatic N) is 1. The van der Waals surface area contributed by atoms with Gasteiger partial charge in [-0.05, 0) is 19.3 Å². The molecule has 0 bridgehead atoms. The summed E-state index contributed by atoms with van der Waals surface area (Å²) < 4.78 is 0.